The summed E-state index contributed by atoms with van der Waals surface area (Å²) in [6.45, 7) is 7.15. The summed E-state index contributed by atoms with van der Waals surface area (Å²) in [4.78, 5) is 0. The molecule has 0 bridgehead atoms. The summed E-state index contributed by atoms with van der Waals surface area (Å²) in [5.74, 6) is 0.702. The van der Waals surface area contributed by atoms with Crippen LogP contribution in [-0.2, 0) is 0 Å². The molecular formula is C13H18ClNO2. The third-order valence-corrected chi connectivity index (χ3v) is 2.31. The molecule has 0 heterocycles. The number of halogens is 1. The lowest BCUT2D eigenvalue weighted by molar-refractivity contribution is 0.107. The van der Waals surface area contributed by atoms with Crippen LogP contribution in [0.25, 0.3) is 0 Å². The van der Waals surface area contributed by atoms with Crippen LogP contribution in [0.3, 0.4) is 0 Å². The van der Waals surface area contributed by atoms with Crippen LogP contribution in [0.4, 0.5) is 0 Å². The second-order valence-corrected chi connectivity index (χ2v) is 4.44. The fourth-order valence-electron chi connectivity index (χ4n) is 1.23. The van der Waals surface area contributed by atoms with Crippen molar-refractivity contribution in [1.82, 2.24) is 5.32 Å². The van der Waals surface area contributed by atoms with Gasteiger partial charge in [0.05, 0.1) is 0 Å². The van der Waals surface area contributed by atoms with Crippen molar-refractivity contribution in [2.24, 2.45) is 0 Å². The number of aliphatic hydroxyl groups excluding tert-OH is 1. The number of nitrogens with one attached hydrogen (secondary N) is 1. The minimum Gasteiger partial charge on any atom is -0.491 e. The van der Waals surface area contributed by atoms with Gasteiger partial charge in [-0.15, -0.1) is 0 Å². The molecule has 0 amide bonds. The summed E-state index contributed by atoms with van der Waals surface area (Å²) in [7, 11) is 0. The molecule has 1 unspecified atom stereocenters. The predicted octanol–water partition coefficient (Wildman–Crippen LogP) is 2.25. The predicted molar refractivity (Wildman–Crippen MR) is 70.6 cm³/mol. The zero-order chi connectivity index (χ0) is 12.7. The molecule has 0 saturated carbocycles. The van der Waals surface area contributed by atoms with Gasteiger partial charge in [0, 0.05) is 18.1 Å². The van der Waals surface area contributed by atoms with Crippen LogP contribution in [0, 0.1) is 0 Å². The molecule has 0 saturated heterocycles. The molecule has 1 rings (SSSR count). The third kappa shape index (κ3) is 6.31. The van der Waals surface area contributed by atoms with Crippen molar-refractivity contribution in [1.29, 1.82) is 0 Å². The van der Waals surface area contributed by atoms with Crippen molar-refractivity contribution in [2.75, 3.05) is 19.7 Å². The van der Waals surface area contributed by atoms with Crippen LogP contribution in [0.5, 0.6) is 5.75 Å². The van der Waals surface area contributed by atoms with Crippen molar-refractivity contribution in [3.63, 3.8) is 0 Å². The Morgan fingerprint density at radius 1 is 1.47 bits per heavy atom. The summed E-state index contributed by atoms with van der Waals surface area (Å²) >= 11 is 5.75. The van der Waals surface area contributed by atoms with Crippen molar-refractivity contribution in [2.45, 2.75) is 13.0 Å². The Bertz CT molecular complexity index is 351. The lowest BCUT2D eigenvalue weighted by Gasteiger charge is -2.13. The van der Waals surface area contributed by atoms with E-state index in [0.29, 0.717) is 23.9 Å². The first-order valence-corrected chi connectivity index (χ1v) is 5.87. The molecule has 94 valence electrons. The molecule has 17 heavy (non-hydrogen) atoms. The second-order valence-electron chi connectivity index (χ2n) is 4.01. The van der Waals surface area contributed by atoms with Gasteiger partial charge in [0.15, 0.2) is 0 Å². The Kier molecular flexibility index (Phi) is 6.05. The number of hydrogen-bond donors (Lipinski definition) is 2. The molecule has 1 atom stereocenters. The summed E-state index contributed by atoms with van der Waals surface area (Å²) in [6, 6.07) is 7.05. The van der Waals surface area contributed by atoms with E-state index >= 15 is 0 Å². The molecule has 3 nitrogen and oxygen atoms in total. The quantitative estimate of drug-likeness (QED) is 0.735. The van der Waals surface area contributed by atoms with Gasteiger partial charge in [0.2, 0.25) is 0 Å². The minimum atomic E-state index is -0.537. The minimum absolute atomic E-state index is 0.255. The summed E-state index contributed by atoms with van der Waals surface area (Å²) in [5, 5.41) is 13.4. The monoisotopic (exact) mass is 255 g/mol. The molecule has 0 fully saturated rings. The highest BCUT2D eigenvalue weighted by Crippen LogP contribution is 2.15. The Hall–Kier alpha value is -1.03. The van der Waals surface area contributed by atoms with Gasteiger partial charge < -0.3 is 15.2 Å². The third-order valence-electron chi connectivity index (χ3n) is 2.06. The number of ether oxygens (including phenoxy) is 1. The lowest BCUT2D eigenvalue weighted by Crippen LogP contribution is -2.32. The number of aliphatic hydroxyl groups is 1. The van der Waals surface area contributed by atoms with Crippen LogP contribution < -0.4 is 10.1 Å². The summed E-state index contributed by atoms with van der Waals surface area (Å²) < 4.78 is 5.41. The molecule has 1 aromatic rings. The maximum atomic E-state index is 9.63. The molecular weight excluding hydrogens is 238 g/mol. The highest BCUT2D eigenvalue weighted by Gasteiger charge is 2.04. The van der Waals surface area contributed by atoms with E-state index < -0.39 is 6.10 Å². The fraction of sp³-hybridized carbons (Fsp3) is 0.385. The van der Waals surface area contributed by atoms with Crippen molar-refractivity contribution < 1.29 is 9.84 Å². The second kappa shape index (κ2) is 7.33. The van der Waals surface area contributed by atoms with E-state index in [4.69, 9.17) is 16.3 Å². The Balaban J connectivity index is 2.21. The van der Waals surface area contributed by atoms with Crippen molar-refractivity contribution in [3.8, 4) is 5.75 Å². The molecule has 0 radical (unpaired) electrons. The first-order chi connectivity index (χ1) is 8.08. The van der Waals surface area contributed by atoms with Gasteiger partial charge in [-0.25, -0.2) is 0 Å². The highest BCUT2D eigenvalue weighted by atomic mass is 35.5. The van der Waals surface area contributed by atoms with Crippen LogP contribution in [-0.4, -0.2) is 30.9 Å². The van der Waals surface area contributed by atoms with Crippen LogP contribution in [0.2, 0.25) is 5.02 Å². The van der Waals surface area contributed by atoms with E-state index in [-0.39, 0.29) is 6.61 Å². The smallest absolute Gasteiger partial charge is 0.119 e. The summed E-state index contributed by atoms with van der Waals surface area (Å²) in [5.41, 5.74) is 1.04. The molecule has 1 aromatic carbocycles. The van der Waals surface area contributed by atoms with Gasteiger partial charge in [-0.05, 0) is 31.2 Å². The van der Waals surface area contributed by atoms with Gasteiger partial charge in [0.1, 0.15) is 18.5 Å². The molecule has 0 aromatic heterocycles. The first kappa shape index (κ1) is 14.0. The van der Waals surface area contributed by atoms with Gasteiger partial charge in [-0.3, -0.25) is 0 Å². The fourth-order valence-corrected chi connectivity index (χ4v) is 1.36. The molecule has 0 aliphatic heterocycles. The van der Waals surface area contributed by atoms with Crippen molar-refractivity contribution in [3.05, 3.63) is 41.4 Å². The van der Waals surface area contributed by atoms with Gasteiger partial charge in [-0.2, -0.15) is 0 Å². The van der Waals surface area contributed by atoms with Gasteiger partial charge in [0.25, 0.3) is 0 Å². The van der Waals surface area contributed by atoms with E-state index in [9.17, 15) is 5.11 Å². The van der Waals surface area contributed by atoms with Crippen LogP contribution in [0.1, 0.15) is 6.92 Å². The van der Waals surface area contributed by atoms with E-state index in [0.717, 1.165) is 5.57 Å². The standard InChI is InChI=1S/C13H18ClNO2/c1-10(2)7-15-8-12(16)9-17-13-5-3-11(14)4-6-13/h3-6,12,15-16H,1,7-9H2,2H3. The Labute approximate surface area is 107 Å². The first-order valence-electron chi connectivity index (χ1n) is 5.49. The average Bonchev–Trinajstić information content (AvgIpc) is 2.28. The summed E-state index contributed by atoms with van der Waals surface area (Å²) in [6.07, 6.45) is -0.537. The van der Waals surface area contributed by atoms with E-state index in [1.807, 2.05) is 6.92 Å². The highest BCUT2D eigenvalue weighted by molar-refractivity contribution is 6.30. The lowest BCUT2D eigenvalue weighted by atomic mass is 10.3. The van der Waals surface area contributed by atoms with E-state index in [1.54, 1.807) is 24.3 Å². The van der Waals surface area contributed by atoms with Crippen LogP contribution >= 0.6 is 11.6 Å². The Morgan fingerprint density at radius 3 is 2.71 bits per heavy atom. The number of benzene rings is 1. The molecule has 0 spiro atoms. The van der Waals surface area contributed by atoms with Crippen molar-refractivity contribution >= 4 is 11.6 Å². The van der Waals surface area contributed by atoms with Crippen LogP contribution in [0.15, 0.2) is 36.4 Å². The SMILES string of the molecule is C=C(C)CNCC(O)COc1ccc(Cl)cc1. The van der Waals surface area contributed by atoms with Gasteiger partial charge >= 0.3 is 0 Å². The zero-order valence-electron chi connectivity index (χ0n) is 9.95. The van der Waals surface area contributed by atoms with E-state index in [2.05, 4.69) is 11.9 Å². The number of rotatable bonds is 7. The van der Waals surface area contributed by atoms with Gasteiger partial charge in [-0.1, -0.05) is 23.8 Å². The average molecular weight is 256 g/mol. The topological polar surface area (TPSA) is 41.5 Å². The molecule has 0 aliphatic rings. The zero-order valence-corrected chi connectivity index (χ0v) is 10.7. The number of hydrogen-bond acceptors (Lipinski definition) is 3. The normalized spacial score (nSPS) is 12.2. The molecule has 2 N–H and O–H groups in total. The maximum absolute atomic E-state index is 9.63. The Morgan fingerprint density at radius 2 is 2.12 bits per heavy atom. The molecule has 4 heteroatoms. The van der Waals surface area contributed by atoms with E-state index in [1.165, 1.54) is 0 Å². The largest absolute Gasteiger partial charge is 0.491 e. The molecule has 0 aliphatic carbocycles. The maximum Gasteiger partial charge on any atom is 0.119 e.